The number of hydrogen-bond acceptors (Lipinski definition) is 2. The van der Waals surface area contributed by atoms with E-state index in [0.717, 1.165) is 12.8 Å². The van der Waals surface area contributed by atoms with E-state index in [0.29, 0.717) is 18.9 Å². The number of anilines is 1. The monoisotopic (exact) mass is 322 g/mol. The van der Waals surface area contributed by atoms with Crippen molar-refractivity contribution in [1.29, 1.82) is 0 Å². The lowest BCUT2D eigenvalue weighted by Crippen LogP contribution is -2.29. The van der Waals surface area contributed by atoms with Gasteiger partial charge in [0.05, 0.1) is 6.54 Å². The smallest absolute Gasteiger partial charge is 0.320 e. The summed E-state index contributed by atoms with van der Waals surface area (Å²) in [5, 5.41) is 12.4. The number of carbonyl (C=O) groups excluding carboxylic acids is 1. The van der Waals surface area contributed by atoms with Crippen molar-refractivity contribution in [2.75, 3.05) is 11.9 Å². The first-order valence-corrected chi connectivity index (χ1v) is 8.31. The van der Waals surface area contributed by atoms with Crippen molar-refractivity contribution in [2.45, 2.75) is 26.3 Å². The number of benzene rings is 2. The lowest BCUT2D eigenvalue weighted by molar-refractivity contribution is 0.252. The summed E-state index contributed by atoms with van der Waals surface area (Å²) >= 11 is 0. The van der Waals surface area contributed by atoms with Gasteiger partial charge >= 0.3 is 6.03 Å². The molecule has 1 aromatic heterocycles. The Hall–Kier alpha value is -2.82. The molecule has 0 saturated carbocycles. The average Bonchev–Trinajstić information content (AvgIpc) is 3.02. The van der Waals surface area contributed by atoms with Gasteiger partial charge in [-0.2, -0.15) is 5.10 Å². The predicted molar refractivity (Wildman–Crippen MR) is 97.2 cm³/mol. The number of aromatic nitrogens is 2. The number of fused-ring (bicyclic) bond motifs is 1. The maximum atomic E-state index is 11.8. The molecule has 5 heteroatoms. The van der Waals surface area contributed by atoms with Crippen LogP contribution < -0.4 is 10.6 Å². The molecule has 24 heavy (non-hydrogen) atoms. The van der Waals surface area contributed by atoms with Crippen molar-refractivity contribution in [2.24, 2.45) is 0 Å². The molecule has 0 atom stereocenters. The Morgan fingerprint density at radius 2 is 1.96 bits per heavy atom. The van der Waals surface area contributed by atoms with Crippen molar-refractivity contribution in [1.82, 2.24) is 15.1 Å². The van der Waals surface area contributed by atoms with Crippen LogP contribution in [0.3, 0.4) is 0 Å². The maximum Gasteiger partial charge on any atom is 0.320 e. The lowest BCUT2D eigenvalue weighted by Gasteiger charge is -2.07. The Bertz CT molecular complexity index is 820. The summed E-state index contributed by atoms with van der Waals surface area (Å²) in [5.41, 5.74) is 1.20. The van der Waals surface area contributed by atoms with Gasteiger partial charge in [-0.1, -0.05) is 55.8 Å². The van der Waals surface area contributed by atoms with Crippen molar-refractivity contribution in [3.05, 3.63) is 60.3 Å². The molecule has 0 bridgehead atoms. The van der Waals surface area contributed by atoms with Gasteiger partial charge in [0, 0.05) is 18.8 Å². The SMILES string of the molecule is CCCCNC(=O)Nc1ccn(Cc2cccc3ccccc23)n1. The zero-order valence-electron chi connectivity index (χ0n) is 13.8. The van der Waals surface area contributed by atoms with E-state index in [1.165, 1.54) is 16.3 Å². The molecule has 2 aromatic carbocycles. The first-order chi connectivity index (χ1) is 11.8. The minimum absolute atomic E-state index is 0.209. The Balaban J connectivity index is 1.66. The van der Waals surface area contributed by atoms with Crippen LogP contribution in [0, 0.1) is 0 Å². The maximum absolute atomic E-state index is 11.8. The highest BCUT2D eigenvalue weighted by Crippen LogP contribution is 2.19. The van der Waals surface area contributed by atoms with E-state index >= 15 is 0 Å². The summed E-state index contributed by atoms with van der Waals surface area (Å²) in [6.45, 7) is 3.44. The fourth-order valence-corrected chi connectivity index (χ4v) is 2.66. The third-order valence-corrected chi connectivity index (χ3v) is 3.91. The number of hydrogen-bond donors (Lipinski definition) is 2. The number of nitrogens with one attached hydrogen (secondary N) is 2. The van der Waals surface area contributed by atoms with Gasteiger partial charge in [0.1, 0.15) is 0 Å². The standard InChI is InChI=1S/C19H22N4O/c1-2-3-12-20-19(24)21-18-11-13-23(22-18)14-16-9-6-8-15-7-4-5-10-17(15)16/h4-11,13H,2-3,12,14H2,1H3,(H2,20,21,22,24). The lowest BCUT2D eigenvalue weighted by atomic mass is 10.0. The molecule has 2 amide bonds. The summed E-state index contributed by atoms with van der Waals surface area (Å²) < 4.78 is 1.84. The number of urea groups is 1. The third kappa shape index (κ3) is 3.93. The Labute approximate surface area is 141 Å². The number of unbranched alkanes of at least 4 members (excludes halogenated alkanes) is 1. The highest BCUT2D eigenvalue weighted by molar-refractivity contribution is 5.88. The fourth-order valence-electron chi connectivity index (χ4n) is 2.66. The second kappa shape index (κ2) is 7.64. The topological polar surface area (TPSA) is 59.0 Å². The summed E-state index contributed by atoms with van der Waals surface area (Å²) in [4.78, 5) is 11.8. The second-order valence-electron chi connectivity index (χ2n) is 5.77. The van der Waals surface area contributed by atoms with Gasteiger partial charge < -0.3 is 5.32 Å². The second-order valence-corrected chi connectivity index (χ2v) is 5.77. The molecule has 0 aliphatic heterocycles. The van der Waals surface area contributed by atoms with Crippen LogP contribution >= 0.6 is 0 Å². The van der Waals surface area contributed by atoms with Gasteiger partial charge in [-0.3, -0.25) is 10.00 Å². The van der Waals surface area contributed by atoms with E-state index in [9.17, 15) is 4.79 Å². The first-order valence-electron chi connectivity index (χ1n) is 8.31. The molecule has 0 aliphatic rings. The fraction of sp³-hybridized carbons (Fsp3) is 0.263. The van der Waals surface area contributed by atoms with E-state index in [2.05, 4.69) is 53.0 Å². The summed E-state index contributed by atoms with van der Waals surface area (Å²) in [5.74, 6) is 0.559. The van der Waals surface area contributed by atoms with E-state index < -0.39 is 0 Å². The molecule has 124 valence electrons. The molecule has 2 N–H and O–H groups in total. The van der Waals surface area contributed by atoms with Crippen molar-refractivity contribution < 1.29 is 4.79 Å². The van der Waals surface area contributed by atoms with Gasteiger partial charge in [0.2, 0.25) is 0 Å². The Morgan fingerprint density at radius 1 is 1.12 bits per heavy atom. The molecule has 0 unspecified atom stereocenters. The third-order valence-electron chi connectivity index (χ3n) is 3.91. The number of rotatable bonds is 6. The van der Waals surface area contributed by atoms with Crippen LogP contribution in [-0.4, -0.2) is 22.4 Å². The van der Waals surface area contributed by atoms with Crippen molar-refractivity contribution in [3.8, 4) is 0 Å². The van der Waals surface area contributed by atoms with E-state index in [-0.39, 0.29) is 6.03 Å². The Morgan fingerprint density at radius 3 is 2.83 bits per heavy atom. The van der Waals surface area contributed by atoms with Gasteiger partial charge in [-0.05, 0) is 22.8 Å². The molecule has 5 nitrogen and oxygen atoms in total. The van der Waals surface area contributed by atoms with Gasteiger partial charge in [-0.25, -0.2) is 4.79 Å². The van der Waals surface area contributed by atoms with E-state index in [1.54, 1.807) is 0 Å². The molecule has 3 rings (SSSR count). The van der Waals surface area contributed by atoms with Crippen LogP contribution in [0.2, 0.25) is 0 Å². The quantitative estimate of drug-likeness (QED) is 0.674. The summed E-state index contributed by atoms with van der Waals surface area (Å²) in [7, 11) is 0. The minimum atomic E-state index is -0.209. The van der Waals surface area contributed by atoms with Gasteiger partial charge in [0.15, 0.2) is 5.82 Å². The van der Waals surface area contributed by atoms with Crippen LogP contribution in [0.5, 0.6) is 0 Å². The normalized spacial score (nSPS) is 10.7. The highest BCUT2D eigenvalue weighted by Gasteiger charge is 2.06. The number of nitrogens with zero attached hydrogens (tertiary/aromatic N) is 2. The summed E-state index contributed by atoms with van der Waals surface area (Å²) in [6, 6.07) is 16.2. The van der Waals surface area contributed by atoms with Crippen molar-refractivity contribution in [3.63, 3.8) is 0 Å². The van der Waals surface area contributed by atoms with Gasteiger partial charge in [0.25, 0.3) is 0 Å². The molecule has 1 heterocycles. The van der Waals surface area contributed by atoms with E-state index in [1.807, 2.05) is 29.1 Å². The van der Waals surface area contributed by atoms with Crippen LogP contribution in [0.25, 0.3) is 10.8 Å². The molecule has 0 radical (unpaired) electrons. The molecular weight excluding hydrogens is 300 g/mol. The zero-order valence-corrected chi connectivity index (χ0v) is 13.8. The zero-order chi connectivity index (χ0) is 16.8. The average molecular weight is 322 g/mol. The van der Waals surface area contributed by atoms with Crippen LogP contribution in [0.15, 0.2) is 54.7 Å². The van der Waals surface area contributed by atoms with Gasteiger partial charge in [-0.15, -0.1) is 0 Å². The van der Waals surface area contributed by atoms with Crippen LogP contribution in [-0.2, 0) is 6.54 Å². The van der Waals surface area contributed by atoms with Crippen LogP contribution in [0.4, 0.5) is 10.6 Å². The molecule has 0 aliphatic carbocycles. The molecular formula is C19H22N4O. The van der Waals surface area contributed by atoms with Crippen molar-refractivity contribution >= 4 is 22.6 Å². The van der Waals surface area contributed by atoms with E-state index in [4.69, 9.17) is 0 Å². The summed E-state index contributed by atoms with van der Waals surface area (Å²) in [6.07, 6.45) is 3.91. The first kappa shape index (κ1) is 16.1. The van der Waals surface area contributed by atoms with Crippen LogP contribution in [0.1, 0.15) is 25.3 Å². The Kier molecular flexibility index (Phi) is 5.11. The largest absolute Gasteiger partial charge is 0.338 e. The highest BCUT2D eigenvalue weighted by atomic mass is 16.2. The molecule has 0 spiro atoms. The molecule has 0 fully saturated rings. The minimum Gasteiger partial charge on any atom is -0.338 e. The molecule has 0 saturated heterocycles. The predicted octanol–water partition coefficient (Wildman–Crippen LogP) is 4.01. The number of amides is 2. The number of carbonyl (C=O) groups is 1. The molecule has 3 aromatic rings.